The lowest BCUT2D eigenvalue weighted by Gasteiger charge is -2.09. The topological polar surface area (TPSA) is 78.9 Å². The Bertz CT molecular complexity index is 356. The van der Waals surface area contributed by atoms with Crippen molar-refractivity contribution in [3.8, 4) is 6.07 Å². The van der Waals surface area contributed by atoms with Crippen LogP contribution >= 0.6 is 0 Å². The van der Waals surface area contributed by atoms with Crippen LogP contribution in [0.25, 0.3) is 0 Å². The van der Waals surface area contributed by atoms with Gasteiger partial charge in [0.2, 0.25) is 5.91 Å². The second kappa shape index (κ2) is 5.78. The summed E-state index contributed by atoms with van der Waals surface area (Å²) in [6, 6.07) is 11.6. The van der Waals surface area contributed by atoms with Crippen molar-refractivity contribution in [2.75, 3.05) is 13.1 Å². The van der Waals surface area contributed by atoms with E-state index in [-0.39, 0.29) is 12.5 Å². The van der Waals surface area contributed by atoms with Gasteiger partial charge in [0, 0.05) is 6.54 Å². The number of nitrogens with one attached hydrogen (secondary N) is 1. The first-order valence-corrected chi connectivity index (χ1v) is 4.67. The second-order valence-corrected chi connectivity index (χ2v) is 3.19. The van der Waals surface area contributed by atoms with Gasteiger partial charge in [0.05, 0.1) is 18.5 Å². The standard InChI is InChI=1S/C11H13N3O/c12-6-10(7-14-8-11(13)15)9-4-2-1-3-5-9/h1-5,10,14H,7-8H2,(H2,13,15). The molecule has 0 fully saturated rings. The van der Waals surface area contributed by atoms with E-state index in [4.69, 9.17) is 11.0 Å². The fourth-order valence-electron chi connectivity index (χ4n) is 1.26. The molecule has 1 unspecified atom stereocenters. The Kier molecular flexibility index (Phi) is 4.32. The fourth-order valence-corrected chi connectivity index (χ4v) is 1.26. The molecule has 0 aromatic heterocycles. The van der Waals surface area contributed by atoms with Gasteiger partial charge in [-0.25, -0.2) is 0 Å². The molecule has 1 rings (SSSR count). The lowest BCUT2D eigenvalue weighted by Crippen LogP contribution is -2.31. The average molecular weight is 203 g/mol. The number of hydrogen-bond acceptors (Lipinski definition) is 3. The SMILES string of the molecule is N#CC(CNCC(N)=O)c1ccccc1. The predicted octanol–water partition coefficient (Wildman–Crippen LogP) is 0.369. The number of rotatable bonds is 5. The molecule has 0 aliphatic rings. The molecule has 0 radical (unpaired) electrons. The Hall–Kier alpha value is -1.86. The van der Waals surface area contributed by atoms with Crippen LogP contribution < -0.4 is 11.1 Å². The van der Waals surface area contributed by atoms with Gasteiger partial charge >= 0.3 is 0 Å². The zero-order chi connectivity index (χ0) is 11.1. The minimum atomic E-state index is -0.417. The zero-order valence-corrected chi connectivity index (χ0v) is 8.31. The zero-order valence-electron chi connectivity index (χ0n) is 8.31. The molecule has 0 heterocycles. The van der Waals surface area contributed by atoms with Crippen molar-refractivity contribution < 1.29 is 4.79 Å². The molecule has 1 aromatic carbocycles. The summed E-state index contributed by atoms with van der Waals surface area (Å²) in [6.45, 7) is 0.536. The van der Waals surface area contributed by atoms with E-state index in [0.29, 0.717) is 6.54 Å². The van der Waals surface area contributed by atoms with Crippen molar-refractivity contribution in [3.05, 3.63) is 35.9 Å². The summed E-state index contributed by atoms with van der Waals surface area (Å²) in [7, 11) is 0. The molecule has 0 aliphatic carbocycles. The van der Waals surface area contributed by atoms with Crippen molar-refractivity contribution in [1.82, 2.24) is 5.32 Å². The lowest BCUT2D eigenvalue weighted by atomic mass is 10.0. The van der Waals surface area contributed by atoms with E-state index in [0.717, 1.165) is 5.56 Å². The number of nitrogens with zero attached hydrogens (tertiary/aromatic N) is 1. The van der Waals surface area contributed by atoms with Crippen molar-refractivity contribution in [2.45, 2.75) is 5.92 Å². The second-order valence-electron chi connectivity index (χ2n) is 3.19. The van der Waals surface area contributed by atoms with Gasteiger partial charge in [-0.2, -0.15) is 5.26 Å². The first-order valence-electron chi connectivity index (χ1n) is 4.67. The van der Waals surface area contributed by atoms with Crippen LogP contribution in [0.5, 0.6) is 0 Å². The van der Waals surface area contributed by atoms with Gasteiger partial charge in [-0.15, -0.1) is 0 Å². The van der Waals surface area contributed by atoms with Crippen LogP contribution in [0.4, 0.5) is 0 Å². The number of carbonyl (C=O) groups excluding carboxylic acids is 1. The highest BCUT2D eigenvalue weighted by atomic mass is 16.1. The third-order valence-corrected chi connectivity index (χ3v) is 2.01. The Morgan fingerprint density at radius 3 is 2.67 bits per heavy atom. The third kappa shape index (κ3) is 3.79. The molecule has 78 valence electrons. The molecule has 0 aliphatic heterocycles. The molecule has 4 nitrogen and oxygen atoms in total. The summed E-state index contributed by atoms with van der Waals surface area (Å²) >= 11 is 0. The van der Waals surface area contributed by atoms with E-state index in [1.807, 2.05) is 30.3 Å². The molecule has 0 bridgehead atoms. The molecule has 15 heavy (non-hydrogen) atoms. The summed E-state index contributed by atoms with van der Waals surface area (Å²) in [4.78, 5) is 10.5. The van der Waals surface area contributed by atoms with Crippen LogP contribution in [0.15, 0.2) is 30.3 Å². The van der Waals surface area contributed by atoms with Crippen LogP contribution in [0, 0.1) is 11.3 Å². The van der Waals surface area contributed by atoms with Crippen LogP contribution in [0.3, 0.4) is 0 Å². The quantitative estimate of drug-likeness (QED) is 0.725. The first-order chi connectivity index (χ1) is 7.24. The number of nitrogens with two attached hydrogens (primary N) is 1. The van der Waals surface area contributed by atoms with Crippen molar-refractivity contribution in [2.24, 2.45) is 5.73 Å². The summed E-state index contributed by atoms with van der Waals surface area (Å²) in [5.41, 5.74) is 5.92. The number of hydrogen-bond donors (Lipinski definition) is 2. The molecule has 0 saturated heterocycles. The number of benzene rings is 1. The van der Waals surface area contributed by atoms with Crippen LogP contribution in [-0.4, -0.2) is 19.0 Å². The van der Waals surface area contributed by atoms with Crippen LogP contribution in [-0.2, 0) is 4.79 Å². The largest absolute Gasteiger partial charge is 0.369 e. The molecule has 1 aromatic rings. The maximum Gasteiger partial charge on any atom is 0.231 e. The Morgan fingerprint density at radius 1 is 1.47 bits per heavy atom. The molecule has 4 heteroatoms. The Balaban J connectivity index is 2.51. The van der Waals surface area contributed by atoms with E-state index in [1.54, 1.807) is 0 Å². The van der Waals surface area contributed by atoms with Crippen LogP contribution in [0.1, 0.15) is 11.5 Å². The molecule has 3 N–H and O–H groups in total. The average Bonchev–Trinajstić information content (AvgIpc) is 2.25. The third-order valence-electron chi connectivity index (χ3n) is 2.01. The lowest BCUT2D eigenvalue weighted by molar-refractivity contribution is -0.117. The highest BCUT2D eigenvalue weighted by Gasteiger charge is 2.09. The molecule has 0 spiro atoms. The van der Waals surface area contributed by atoms with E-state index in [9.17, 15) is 4.79 Å². The number of carbonyl (C=O) groups is 1. The van der Waals surface area contributed by atoms with Crippen LogP contribution in [0.2, 0.25) is 0 Å². The minimum Gasteiger partial charge on any atom is -0.369 e. The van der Waals surface area contributed by atoms with Gasteiger partial charge in [-0.05, 0) is 5.56 Å². The van der Waals surface area contributed by atoms with Crippen molar-refractivity contribution in [3.63, 3.8) is 0 Å². The maximum absolute atomic E-state index is 10.5. The number of nitriles is 1. The molecule has 1 amide bonds. The number of amides is 1. The first kappa shape index (κ1) is 11.2. The van der Waals surface area contributed by atoms with Gasteiger partial charge in [0.15, 0.2) is 0 Å². The van der Waals surface area contributed by atoms with Crippen molar-refractivity contribution >= 4 is 5.91 Å². The van der Waals surface area contributed by atoms with Crippen molar-refractivity contribution in [1.29, 1.82) is 5.26 Å². The predicted molar refractivity (Wildman–Crippen MR) is 56.9 cm³/mol. The molecular formula is C11H13N3O. The summed E-state index contributed by atoms with van der Waals surface area (Å²) in [5.74, 6) is -0.662. The van der Waals surface area contributed by atoms with Gasteiger partial charge in [0.1, 0.15) is 0 Å². The normalized spacial score (nSPS) is 11.7. The highest BCUT2D eigenvalue weighted by molar-refractivity contribution is 5.75. The summed E-state index contributed by atoms with van der Waals surface area (Å²) in [5, 5.41) is 11.8. The van der Waals surface area contributed by atoms with Gasteiger partial charge in [0.25, 0.3) is 0 Å². The fraction of sp³-hybridized carbons (Fsp3) is 0.273. The summed E-state index contributed by atoms with van der Waals surface area (Å²) < 4.78 is 0. The maximum atomic E-state index is 10.5. The Morgan fingerprint density at radius 2 is 2.13 bits per heavy atom. The smallest absolute Gasteiger partial charge is 0.231 e. The number of primary amides is 1. The van der Waals surface area contributed by atoms with E-state index in [2.05, 4.69) is 11.4 Å². The van der Waals surface area contributed by atoms with Gasteiger partial charge < -0.3 is 11.1 Å². The molecule has 1 atom stereocenters. The van der Waals surface area contributed by atoms with Gasteiger partial charge in [-0.3, -0.25) is 4.79 Å². The summed E-state index contributed by atoms with van der Waals surface area (Å²) in [6.07, 6.45) is 0. The monoisotopic (exact) mass is 203 g/mol. The molecular weight excluding hydrogens is 190 g/mol. The molecule has 0 saturated carbocycles. The minimum absolute atomic E-state index is 0.102. The highest BCUT2D eigenvalue weighted by Crippen LogP contribution is 2.12. The Labute approximate surface area is 88.7 Å². The van der Waals surface area contributed by atoms with E-state index >= 15 is 0 Å². The van der Waals surface area contributed by atoms with E-state index in [1.165, 1.54) is 0 Å². The van der Waals surface area contributed by atoms with E-state index < -0.39 is 5.91 Å². The van der Waals surface area contributed by atoms with Gasteiger partial charge in [-0.1, -0.05) is 30.3 Å².